The molecule has 0 bridgehead atoms. The van der Waals surface area contributed by atoms with Crippen LogP contribution >= 0.6 is 11.6 Å². The van der Waals surface area contributed by atoms with Crippen LogP contribution in [0.1, 0.15) is 90.8 Å². The minimum Gasteiger partial charge on any atom is -0.361 e. The molecule has 1 aromatic heterocycles. The Morgan fingerprint density at radius 2 is 1.72 bits per heavy atom. The highest BCUT2D eigenvalue weighted by atomic mass is 35.5. The van der Waals surface area contributed by atoms with Crippen molar-refractivity contribution in [1.82, 2.24) is 20.5 Å². The predicted molar refractivity (Wildman–Crippen MR) is 196 cm³/mol. The molecule has 0 aliphatic carbocycles. The number of unbranched alkanes of at least 4 members (excludes halogenated alkanes) is 1. The number of hydrogen-bond acceptors (Lipinski definition) is 3. The summed E-state index contributed by atoms with van der Waals surface area (Å²) in [5.41, 5.74) is 5.45. The second-order valence-electron chi connectivity index (χ2n) is 11.3. The van der Waals surface area contributed by atoms with Crippen molar-refractivity contribution in [2.45, 2.75) is 93.9 Å². The number of rotatable bonds is 15. The van der Waals surface area contributed by atoms with E-state index in [0.717, 1.165) is 51.0 Å². The lowest BCUT2D eigenvalue weighted by Gasteiger charge is -2.24. The fourth-order valence-corrected chi connectivity index (χ4v) is 4.64. The number of aromatic nitrogens is 1. The normalized spacial score (nSPS) is 10.5. The molecule has 8 heteroatoms. The number of likely N-dealkylation sites (N-methyl/N-ethyl adjacent to an activating group) is 1. The summed E-state index contributed by atoms with van der Waals surface area (Å²) in [6.07, 6.45) is 8.10. The molecule has 1 heterocycles. The summed E-state index contributed by atoms with van der Waals surface area (Å²) in [5.74, 6) is 0.0900. The highest BCUT2D eigenvalue weighted by Gasteiger charge is 2.20. The molecule has 3 rings (SSSR count). The Balaban J connectivity index is 0.00000132. The molecule has 1 unspecified atom stereocenters. The van der Waals surface area contributed by atoms with Crippen LogP contribution in [-0.4, -0.2) is 54.3 Å². The molecule has 1 atom stereocenters. The molecule has 46 heavy (non-hydrogen) atoms. The smallest absolute Gasteiger partial charge is 0.239 e. The Hall–Kier alpha value is -3.58. The average molecular weight is 655 g/mol. The second-order valence-corrected chi connectivity index (χ2v) is 11.7. The maximum atomic E-state index is 13.2. The zero-order valence-corrected chi connectivity index (χ0v) is 30.4. The highest BCUT2D eigenvalue weighted by Crippen LogP contribution is 2.22. The van der Waals surface area contributed by atoms with Gasteiger partial charge in [-0.25, -0.2) is 0 Å². The standard InChI is InChI=1S/C27H34ClN3O2.C5H9NO.C4H10.C2H6/c1-4-29-26(32)18-31(14-13-22-17-30-25-8-6-5-7-23(22)25)27(33)16-20(3)10-12-21-11-9-19(2)15-24(21)28;1-5(2)3-6-4-7;1-3-4-2;1-2/h5-9,11,15,17,20,30H,4,10,12-14,16,18H2,1-3H3,(H,29,32);4H,1,3H2,2H3,(H,6,7);3-4H2,1-2H3;1-2H3. The lowest BCUT2D eigenvalue weighted by Crippen LogP contribution is -2.42. The van der Waals surface area contributed by atoms with Gasteiger partial charge in [0, 0.05) is 48.2 Å². The predicted octanol–water partition coefficient (Wildman–Crippen LogP) is 8.44. The summed E-state index contributed by atoms with van der Waals surface area (Å²) in [6.45, 7) is 21.5. The van der Waals surface area contributed by atoms with Crippen molar-refractivity contribution in [2.75, 3.05) is 26.2 Å². The van der Waals surface area contributed by atoms with Crippen LogP contribution in [0.2, 0.25) is 5.02 Å². The first-order valence-corrected chi connectivity index (χ1v) is 17.1. The van der Waals surface area contributed by atoms with E-state index in [-0.39, 0.29) is 24.3 Å². The lowest BCUT2D eigenvalue weighted by atomic mass is 9.97. The fraction of sp³-hybridized carbons (Fsp3) is 0.500. The molecule has 0 saturated carbocycles. The van der Waals surface area contributed by atoms with E-state index >= 15 is 0 Å². The van der Waals surface area contributed by atoms with Gasteiger partial charge in [-0.1, -0.05) is 102 Å². The van der Waals surface area contributed by atoms with Gasteiger partial charge in [0.2, 0.25) is 18.2 Å². The van der Waals surface area contributed by atoms with Gasteiger partial charge in [0.1, 0.15) is 0 Å². The van der Waals surface area contributed by atoms with E-state index in [1.54, 1.807) is 4.90 Å². The first-order chi connectivity index (χ1) is 22.1. The van der Waals surface area contributed by atoms with E-state index in [0.29, 0.717) is 38.9 Å². The second kappa shape index (κ2) is 25.6. The molecule has 0 aliphatic heterocycles. The summed E-state index contributed by atoms with van der Waals surface area (Å²) < 4.78 is 0. The van der Waals surface area contributed by atoms with Gasteiger partial charge in [0.05, 0.1) is 6.54 Å². The lowest BCUT2D eigenvalue weighted by molar-refractivity contribution is -0.136. The van der Waals surface area contributed by atoms with Crippen molar-refractivity contribution in [3.8, 4) is 0 Å². The third-order valence-electron chi connectivity index (χ3n) is 7.01. The molecular weight excluding hydrogens is 596 g/mol. The molecule has 0 saturated heterocycles. The maximum Gasteiger partial charge on any atom is 0.239 e. The van der Waals surface area contributed by atoms with Gasteiger partial charge >= 0.3 is 0 Å². The number of nitrogens with zero attached hydrogens (tertiary/aromatic N) is 1. The number of fused-ring (bicyclic) bond motifs is 1. The first kappa shape index (κ1) is 42.4. The summed E-state index contributed by atoms with van der Waals surface area (Å²) in [5, 5.41) is 7.22. The number of carbonyl (C=O) groups is 3. The Labute approximate surface area is 283 Å². The zero-order valence-electron chi connectivity index (χ0n) is 29.6. The highest BCUT2D eigenvalue weighted by molar-refractivity contribution is 6.31. The van der Waals surface area contributed by atoms with Crippen LogP contribution in [0.4, 0.5) is 0 Å². The topological polar surface area (TPSA) is 94.3 Å². The average Bonchev–Trinajstić information content (AvgIpc) is 3.46. The van der Waals surface area contributed by atoms with Gasteiger partial charge in [-0.05, 0) is 74.8 Å². The summed E-state index contributed by atoms with van der Waals surface area (Å²) in [6, 6.07) is 14.2. The molecule has 0 radical (unpaired) electrons. The van der Waals surface area contributed by atoms with Crippen LogP contribution in [0.25, 0.3) is 10.9 Å². The van der Waals surface area contributed by atoms with Crippen LogP contribution in [0.5, 0.6) is 0 Å². The third kappa shape index (κ3) is 17.8. The number of halogens is 1. The zero-order chi connectivity index (χ0) is 34.9. The summed E-state index contributed by atoms with van der Waals surface area (Å²) in [7, 11) is 0. The molecule has 3 aromatic rings. The van der Waals surface area contributed by atoms with Crippen LogP contribution in [0.3, 0.4) is 0 Å². The molecule has 0 aliphatic rings. The number of nitrogens with one attached hydrogen (secondary N) is 3. The van der Waals surface area contributed by atoms with Crippen LogP contribution < -0.4 is 10.6 Å². The van der Waals surface area contributed by atoms with Gasteiger partial charge in [-0.2, -0.15) is 0 Å². The van der Waals surface area contributed by atoms with E-state index in [1.165, 1.54) is 12.8 Å². The van der Waals surface area contributed by atoms with Gasteiger partial charge in [0.25, 0.3) is 0 Å². The van der Waals surface area contributed by atoms with Gasteiger partial charge in [-0.15, -0.1) is 0 Å². The first-order valence-electron chi connectivity index (χ1n) is 16.7. The fourth-order valence-electron chi connectivity index (χ4n) is 4.31. The monoisotopic (exact) mass is 654 g/mol. The van der Waals surface area contributed by atoms with E-state index in [4.69, 9.17) is 11.6 Å². The summed E-state index contributed by atoms with van der Waals surface area (Å²) >= 11 is 6.37. The van der Waals surface area contributed by atoms with Crippen molar-refractivity contribution >= 4 is 40.7 Å². The number of para-hydroxylation sites is 1. The number of aromatic amines is 1. The van der Waals surface area contributed by atoms with Gasteiger partial charge in [0.15, 0.2) is 0 Å². The number of hydrogen-bond donors (Lipinski definition) is 3. The molecule has 0 spiro atoms. The molecule has 0 fully saturated rings. The minimum atomic E-state index is -0.121. The summed E-state index contributed by atoms with van der Waals surface area (Å²) in [4.78, 5) is 40.0. The molecule has 256 valence electrons. The Morgan fingerprint density at radius 3 is 2.28 bits per heavy atom. The van der Waals surface area contributed by atoms with Gasteiger partial charge in [-0.3, -0.25) is 14.4 Å². The van der Waals surface area contributed by atoms with Crippen LogP contribution in [-0.2, 0) is 27.2 Å². The van der Waals surface area contributed by atoms with Crippen molar-refractivity contribution in [1.29, 1.82) is 0 Å². The van der Waals surface area contributed by atoms with E-state index in [2.05, 4.69) is 61.2 Å². The Kier molecular flexibility index (Phi) is 23.6. The number of carbonyl (C=O) groups excluding carboxylic acids is 3. The van der Waals surface area contributed by atoms with Crippen molar-refractivity contribution in [3.63, 3.8) is 0 Å². The largest absolute Gasteiger partial charge is 0.361 e. The van der Waals surface area contributed by atoms with Crippen LogP contribution in [0, 0.1) is 12.8 Å². The number of H-pyrrole nitrogens is 1. The third-order valence-corrected chi connectivity index (χ3v) is 7.36. The van der Waals surface area contributed by atoms with E-state index in [1.807, 2.05) is 65.1 Å². The minimum absolute atomic E-state index is 0.0172. The Bertz CT molecular complexity index is 1300. The van der Waals surface area contributed by atoms with Crippen molar-refractivity contribution in [2.24, 2.45) is 5.92 Å². The number of aryl methyl sites for hydroxylation is 2. The maximum absolute atomic E-state index is 13.2. The number of benzene rings is 2. The Morgan fingerprint density at radius 1 is 1.04 bits per heavy atom. The van der Waals surface area contributed by atoms with Crippen molar-refractivity contribution in [3.05, 3.63) is 82.5 Å². The molecule has 2 aromatic carbocycles. The van der Waals surface area contributed by atoms with Crippen molar-refractivity contribution < 1.29 is 14.4 Å². The molecule has 3 N–H and O–H groups in total. The number of amides is 3. The SMILES string of the molecule is C=C(C)CNC=O.CC.CCCC.CCNC(=O)CN(CCc1c[nH]c2ccccc12)C(=O)CC(C)CCc1ccc(C)cc1Cl. The van der Waals surface area contributed by atoms with Gasteiger partial charge < -0.3 is 20.5 Å². The van der Waals surface area contributed by atoms with E-state index in [9.17, 15) is 14.4 Å². The molecular formula is C38H59ClN4O3. The molecule has 3 amide bonds. The quantitative estimate of drug-likeness (QED) is 0.113. The van der Waals surface area contributed by atoms with E-state index < -0.39 is 0 Å². The van der Waals surface area contributed by atoms with Crippen LogP contribution in [0.15, 0.2) is 60.8 Å². The molecule has 7 nitrogen and oxygen atoms in total.